The van der Waals surface area contributed by atoms with Crippen molar-refractivity contribution in [1.29, 1.82) is 0 Å². The highest BCUT2D eigenvalue weighted by Gasteiger charge is 2.97. The van der Waals surface area contributed by atoms with Gasteiger partial charge >= 0.3 is 17.8 Å². The van der Waals surface area contributed by atoms with E-state index in [-0.39, 0.29) is 12.2 Å². The van der Waals surface area contributed by atoms with Crippen LogP contribution < -0.4 is 0 Å². The molecule has 0 aromatic rings. The molecule has 7 heteroatoms. The number of carbonyl (C=O) groups is 1. The first-order valence-corrected chi connectivity index (χ1v) is 3.03. The van der Waals surface area contributed by atoms with Gasteiger partial charge in [-0.2, -0.15) is 17.6 Å². The van der Waals surface area contributed by atoms with E-state index in [1.165, 1.54) is 0 Å². The molecule has 74 valence electrons. The van der Waals surface area contributed by atoms with Crippen molar-refractivity contribution in [3.05, 3.63) is 12.2 Å². The zero-order chi connectivity index (χ0) is 10.5. The standard InChI is InChI=1S/C6H3F5O2/c7-4(2-1-3(12)13)5(8,9)6(4,10)11/h1-2H,(H,12,13). The Kier molecular flexibility index (Phi) is 1.69. The Balaban J connectivity index is 2.90. The summed E-state index contributed by atoms with van der Waals surface area (Å²) in [4.78, 5) is 9.75. The van der Waals surface area contributed by atoms with Gasteiger partial charge in [0.1, 0.15) is 0 Å². The summed E-state index contributed by atoms with van der Waals surface area (Å²) in [5.41, 5.74) is -4.15. The molecular formula is C6H3F5O2. The first kappa shape index (κ1) is 9.94. The second-order valence-corrected chi connectivity index (χ2v) is 2.53. The molecule has 1 N–H and O–H groups in total. The van der Waals surface area contributed by atoms with Crippen LogP contribution in [0.25, 0.3) is 0 Å². The minimum absolute atomic E-state index is 0.0746. The SMILES string of the molecule is O=C(O)C=CC1(F)C(F)(F)C1(F)F. The van der Waals surface area contributed by atoms with Crippen LogP contribution in [-0.2, 0) is 4.79 Å². The Hall–Kier alpha value is -1.14. The second-order valence-electron chi connectivity index (χ2n) is 2.53. The summed E-state index contributed by atoms with van der Waals surface area (Å²) in [6.45, 7) is 0. The molecule has 0 unspecified atom stereocenters. The van der Waals surface area contributed by atoms with Crippen LogP contribution in [0.1, 0.15) is 0 Å². The normalized spacial score (nSPS) is 27.5. The lowest BCUT2D eigenvalue weighted by molar-refractivity contribution is -0.131. The molecule has 0 spiro atoms. The molecule has 0 heterocycles. The van der Waals surface area contributed by atoms with E-state index in [2.05, 4.69) is 0 Å². The van der Waals surface area contributed by atoms with Gasteiger partial charge in [-0.25, -0.2) is 9.18 Å². The quantitative estimate of drug-likeness (QED) is 0.545. The third-order valence-electron chi connectivity index (χ3n) is 1.70. The van der Waals surface area contributed by atoms with Crippen LogP contribution in [0, 0.1) is 0 Å². The molecule has 0 atom stereocenters. The molecule has 0 amide bonds. The lowest BCUT2D eigenvalue weighted by atomic mass is 10.3. The molecule has 0 radical (unpaired) electrons. The number of carboxylic acids is 1. The molecule has 1 aliphatic carbocycles. The number of aliphatic carboxylic acids is 1. The number of halogens is 5. The smallest absolute Gasteiger partial charge is 0.357 e. The fourth-order valence-corrected chi connectivity index (χ4v) is 0.802. The lowest BCUT2D eigenvalue weighted by Gasteiger charge is -1.93. The summed E-state index contributed by atoms with van der Waals surface area (Å²) in [7, 11) is 0. The van der Waals surface area contributed by atoms with E-state index in [0.29, 0.717) is 0 Å². The monoisotopic (exact) mass is 202 g/mol. The second kappa shape index (κ2) is 2.21. The third-order valence-corrected chi connectivity index (χ3v) is 1.70. The Labute approximate surface area is 68.7 Å². The Morgan fingerprint density at radius 1 is 1.08 bits per heavy atom. The van der Waals surface area contributed by atoms with Crippen molar-refractivity contribution in [2.45, 2.75) is 17.5 Å². The van der Waals surface area contributed by atoms with Crippen LogP contribution in [0.5, 0.6) is 0 Å². The number of carboxylic acid groups (broad SMARTS) is 1. The van der Waals surface area contributed by atoms with E-state index in [9.17, 15) is 26.7 Å². The van der Waals surface area contributed by atoms with Crippen LogP contribution in [0.4, 0.5) is 22.0 Å². The number of allylic oxidation sites excluding steroid dienone is 1. The molecule has 0 saturated heterocycles. The summed E-state index contributed by atoms with van der Waals surface area (Å²) in [5.74, 6) is -11.4. The number of rotatable bonds is 2. The van der Waals surface area contributed by atoms with Gasteiger partial charge in [-0.05, 0) is 6.08 Å². The maximum atomic E-state index is 12.6. The topological polar surface area (TPSA) is 37.3 Å². The van der Waals surface area contributed by atoms with Crippen molar-refractivity contribution in [2.24, 2.45) is 0 Å². The zero-order valence-corrected chi connectivity index (χ0v) is 5.90. The Morgan fingerprint density at radius 2 is 1.46 bits per heavy atom. The van der Waals surface area contributed by atoms with Crippen LogP contribution in [0.2, 0.25) is 0 Å². The molecule has 1 fully saturated rings. The molecular weight excluding hydrogens is 199 g/mol. The van der Waals surface area contributed by atoms with Crippen molar-refractivity contribution in [3.63, 3.8) is 0 Å². The number of hydrogen-bond donors (Lipinski definition) is 1. The van der Waals surface area contributed by atoms with Crippen molar-refractivity contribution in [2.75, 3.05) is 0 Å². The first-order chi connectivity index (χ1) is 5.67. The first-order valence-electron chi connectivity index (χ1n) is 3.03. The predicted molar refractivity (Wildman–Crippen MR) is 30.5 cm³/mol. The maximum absolute atomic E-state index is 12.6. The average molecular weight is 202 g/mol. The molecule has 2 nitrogen and oxygen atoms in total. The van der Waals surface area contributed by atoms with E-state index in [1.807, 2.05) is 0 Å². The highest BCUT2D eigenvalue weighted by molar-refractivity contribution is 5.80. The molecule has 0 aromatic heterocycles. The van der Waals surface area contributed by atoms with Crippen molar-refractivity contribution < 1.29 is 31.9 Å². The van der Waals surface area contributed by atoms with Gasteiger partial charge in [-0.15, -0.1) is 0 Å². The van der Waals surface area contributed by atoms with E-state index in [1.54, 1.807) is 0 Å². The van der Waals surface area contributed by atoms with Crippen molar-refractivity contribution >= 4 is 5.97 Å². The largest absolute Gasteiger partial charge is 0.478 e. The summed E-state index contributed by atoms with van der Waals surface area (Å²) in [6, 6.07) is 0. The van der Waals surface area contributed by atoms with Gasteiger partial charge in [-0.1, -0.05) is 0 Å². The molecule has 0 aliphatic heterocycles. The van der Waals surface area contributed by atoms with E-state index >= 15 is 0 Å². The van der Waals surface area contributed by atoms with Gasteiger partial charge in [0.05, 0.1) is 0 Å². The summed E-state index contributed by atoms with van der Waals surface area (Å²) < 4.78 is 60.7. The van der Waals surface area contributed by atoms with Crippen LogP contribution in [0.15, 0.2) is 12.2 Å². The lowest BCUT2D eigenvalue weighted by Crippen LogP contribution is -2.09. The molecule has 0 aromatic carbocycles. The van der Waals surface area contributed by atoms with Crippen molar-refractivity contribution in [1.82, 2.24) is 0 Å². The minimum atomic E-state index is -4.81. The van der Waals surface area contributed by atoms with Crippen LogP contribution in [0.3, 0.4) is 0 Å². The average Bonchev–Trinajstić information content (AvgIpc) is 2.26. The van der Waals surface area contributed by atoms with Crippen LogP contribution in [-0.4, -0.2) is 28.6 Å². The Morgan fingerprint density at radius 3 is 1.69 bits per heavy atom. The van der Waals surface area contributed by atoms with Crippen LogP contribution >= 0.6 is 0 Å². The summed E-state index contributed by atoms with van der Waals surface area (Å²) in [6.07, 6.45) is -0.413. The summed E-state index contributed by atoms with van der Waals surface area (Å²) in [5, 5.41) is 7.90. The van der Waals surface area contributed by atoms with Gasteiger partial charge < -0.3 is 5.11 Å². The fraction of sp³-hybridized carbons (Fsp3) is 0.500. The maximum Gasteiger partial charge on any atom is 0.357 e. The van der Waals surface area contributed by atoms with E-state index in [0.717, 1.165) is 0 Å². The van der Waals surface area contributed by atoms with Crippen molar-refractivity contribution in [3.8, 4) is 0 Å². The number of hydrogen-bond acceptors (Lipinski definition) is 1. The highest BCUT2D eigenvalue weighted by atomic mass is 19.3. The predicted octanol–water partition coefficient (Wildman–Crippen LogP) is 1.62. The minimum Gasteiger partial charge on any atom is -0.478 e. The van der Waals surface area contributed by atoms with Gasteiger partial charge in [0.15, 0.2) is 0 Å². The number of alkyl halides is 5. The van der Waals surface area contributed by atoms with Gasteiger partial charge in [0.25, 0.3) is 5.67 Å². The fourth-order valence-electron chi connectivity index (χ4n) is 0.802. The summed E-state index contributed by atoms with van der Waals surface area (Å²) >= 11 is 0. The molecule has 1 aliphatic rings. The molecule has 1 saturated carbocycles. The molecule has 0 bridgehead atoms. The van der Waals surface area contributed by atoms with E-state index < -0.39 is 23.5 Å². The molecule has 13 heavy (non-hydrogen) atoms. The van der Waals surface area contributed by atoms with Gasteiger partial charge in [0.2, 0.25) is 0 Å². The third kappa shape index (κ3) is 0.956. The highest BCUT2D eigenvalue weighted by Crippen LogP contribution is 2.68. The molecule has 1 rings (SSSR count). The van der Waals surface area contributed by atoms with Gasteiger partial charge in [0, 0.05) is 6.08 Å². The zero-order valence-electron chi connectivity index (χ0n) is 5.90. The Bertz CT molecular complexity index is 269. The van der Waals surface area contributed by atoms with E-state index in [4.69, 9.17) is 5.11 Å². The van der Waals surface area contributed by atoms with Gasteiger partial charge in [-0.3, -0.25) is 0 Å².